The molecule has 1 aliphatic rings. The number of rotatable bonds is 2. The second kappa shape index (κ2) is 7.17. The third kappa shape index (κ3) is 7.85. The Bertz CT molecular complexity index is 294. The molecule has 0 spiro atoms. The summed E-state index contributed by atoms with van der Waals surface area (Å²) in [4.78, 5) is 21.1. The lowest BCUT2D eigenvalue weighted by molar-refractivity contribution is -0.192. The van der Waals surface area contributed by atoms with Crippen molar-refractivity contribution in [3.05, 3.63) is 0 Å². The molecule has 0 amide bonds. The van der Waals surface area contributed by atoms with Gasteiger partial charge in [-0.15, -0.1) is 0 Å². The van der Waals surface area contributed by atoms with Gasteiger partial charge in [0.1, 0.15) is 0 Å². The highest BCUT2D eigenvalue weighted by molar-refractivity contribution is 5.73. The first-order valence-corrected chi connectivity index (χ1v) is 4.98. The zero-order valence-corrected chi connectivity index (χ0v) is 9.61. The maximum absolute atomic E-state index is 10.6. The van der Waals surface area contributed by atoms with E-state index in [4.69, 9.17) is 19.7 Å². The van der Waals surface area contributed by atoms with E-state index in [1.807, 2.05) is 11.8 Å². The van der Waals surface area contributed by atoms with Crippen LogP contribution < -0.4 is 0 Å². The molecule has 0 saturated carbocycles. The first-order valence-electron chi connectivity index (χ1n) is 4.98. The summed E-state index contributed by atoms with van der Waals surface area (Å²) in [5, 5.41) is 15.6. The Hall–Kier alpha value is -1.35. The molecule has 1 atom stereocenters. The van der Waals surface area contributed by atoms with Crippen LogP contribution in [0.3, 0.4) is 0 Å². The Kier molecular flexibility index (Phi) is 6.63. The number of hydrogen-bond acceptors (Lipinski definition) is 4. The molecule has 6 nitrogen and oxygen atoms in total. The minimum atomic E-state index is -5.08. The van der Waals surface area contributed by atoms with Gasteiger partial charge in [-0.2, -0.15) is 13.2 Å². The second-order valence-corrected chi connectivity index (χ2v) is 3.61. The molecule has 0 bridgehead atoms. The Balaban J connectivity index is 0.000000360. The van der Waals surface area contributed by atoms with Crippen molar-refractivity contribution in [1.29, 1.82) is 0 Å². The summed E-state index contributed by atoms with van der Waals surface area (Å²) in [5.74, 6) is -3.52. The summed E-state index contributed by atoms with van der Waals surface area (Å²) in [6.45, 7) is 4.19. The number of carboxylic acids is 2. The van der Waals surface area contributed by atoms with Crippen LogP contribution in [-0.2, 0) is 14.3 Å². The number of aliphatic carboxylic acids is 2. The van der Waals surface area contributed by atoms with Crippen molar-refractivity contribution in [2.75, 3.05) is 26.2 Å². The molecule has 18 heavy (non-hydrogen) atoms. The van der Waals surface area contributed by atoms with Crippen LogP contribution in [0.25, 0.3) is 0 Å². The van der Waals surface area contributed by atoms with Crippen molar-refractivity contribution < 1.29 is 37.7 Å². The smallest absolute Gasteiger partial charge is 0.480 e. The van der Waals surface area contributed by atoms with Gasteiger partial charge in [0.15, 0.2) is 0 Å². The Labute approximate surface area is 101 Å². The van der Waals surface area contributed by atoms with Gasteiger partial charge in [-0.25, -0.2) is 4.79 Å². The molecular weight excluding hydrogens is 259 g/mol. The SMILES string of the molecule is C[C@@H]1CN(CC(=O)O)CCO1.O=C(O)C(F)(F)F. The van der Waals surface area contributed by atoms with Gasteiger partial charge in [-0.05, 0) is 6.92 Å². The molecule has 1 saturated heterocycles. The van der Waals surface area contributed by atoms with Crippen LogP contribution in [0.4, 0.5) is 13.2 Å². The average molecular weight is 273 g/mol. The number of nitrogens with zero attached hydrogens (tertiary/aromatic N) is 1. The summed E-state index contributed by atoms with van der Waals surface area (Å²) < 4.78 is 37.0. The topological polar surface area (TPSA) is 87.1 Å². The molecule has 1 fully saturated rings. The first kappa shape index (κ1) is 16.6. The monoisotopic (exact) mass is 273 g/mol. The van der Waals surface area contributed by atoms with Crippen molar-refractivity contribution in [1.82, 2.24) is 4.90 Å². The number of carboxylic acid groups (broad SMARTS) is 2. The Morgan fingerprint density at radius 1 is 1.39 bits per heavy atom. The molecule has 0 aromatic rings. The quantitative estimate of drug-likeness (QED) is 0.758. The lowest BCUT2D eigenvalue weighted by Gasteiger charge is -2.29. The van der Waals surface area contributed by atoms with Gasteiger partial charge >= 0.3 is 18.1 Å². The molecule has 1 heterocycles. The van der Waals surface area contributed by atoms with Gasteiger partial charge in [0.25, 0.3) is 0 Å². The van der Waals surface area contributed by atoms with Gasteiger partial charge in [-0.3, -0.25) is 9.69 Å². The van der Waals surface area contributed by atoms with Crippen LogP contribution in [0.5, 0.6) is 0 Å². The van der Waals surface area contributed by atoms with Crippen LogP contribution in [0, 0.1) is 0 Å². The van der Waals surface area contributed by atoms with Crippen LogP contribution in [-0.4, -0.2) is 65.6 Å². The largest absolute Gasteiger partial charge is 0.490 e. The highest BCUT2D eigenvalue weighted by atomic mass is 19.4. The molecule has 0 radical (unpaired) electrons. The fraction of sp³-hybridized carbons (Fsp3) is 0.778. The molecule has 0 unspecified atom stereocenters. The highest BCUT2D eigenvalue weighted by Gasteiger charge is 2.38. The fourth-order valence-electron chi connectivity index (χ4n) is 1.23. The second-order valence-electron chi connectivity index (χ2n) is 3.61. The molecule has 9 heteroatoms. The van der Waals surface area contributed by atoms with Crippen molar-refractivity contribution in [2.24, 2.45) is 0 Å². The van der Waals surface area contributed by atoms with E-state index in [1.165, 1.54) is 0 Å². The first-order chi connectivity index (χ1) is 8.12. The molecular formula is C9H14F3NO5. The van der Waals surface area contributed by atoms with E-state index in [0.29, 0.717) is 6.61 Å². The number of halogens is 3. The summed E-state index contributed by atoms with van der Waals surface area (Å²) >= 11 is 0. The zero-order valence-electron chi connectivity index (χ0n) is 9.61. The van der Waals surface area contributed by atoms with Gasteiger partial charge in [0.2, 0.25) is 0 Å². The van der Waals surface area contributed by atoms with E-state index in [-0.39, 0.29) is 12.6 Å². The van der Waals surface area contributed by atoms with E-state index < -0.39 is 18.1 Å². The van der Waals surface area contributed by atoms with E-state index >= 15 is 0 Å². The lowest BCUT2D eigenvalue weighted by atomic mass is 10.3. The van der Waals surface area contributed by atoms with Crippen molar-refractivity contribution in [2.45, 2.75) is 19.2 Å². The molecule has 106 valence electrons. The Morgan fingerprint density at radius 3 is 2.22 bits per heavy atom. The minimum absolute atomic E-state index is 0.133. The van der Waals surface area contributed by atoms with Gasteiger partial charge < -0.3 is 14.9 Å². The number of hydrogen-bond donors (Lipinski definition) is 2. The fourth-order valence-corrected chi connectivity index (χ4v) is 1.23. The van der Waals surface area contributed by atoms with E-state index in [0.717, 1.165) is 13.1 Å². The van der Waals surface area contributed by atoms with Gasteiger partial charge in [0.05, 0.1) is 19.3 Å². The predicted octanol–water partition coefficient (Wildman–Crippen LogP) is 0.425. The summed E-state index contributed by atoms with van der Waals surface area (Å²) in [5.41, 5.74) is 0. The lowest BCUT2D eigenvalue weighted by Crippen LogP contribution is -2.43. The Morgan fingerprint density at radius 2 is 1.89 bits per heavy atom. The number of ether oxygens (including phenoxy) is 1. The minimum Gasteiger partial charge on any atom is -0.480 e. The van der Waals surface area contributed by atoms with E-state index in [1.54, 1.807) is 0 Å². The average Bonchev–Trinajstić information content (AvgIpc) is 2.15. The van der Waals surface area contributed by atoms with Crippen LogP contribution in [0.1, 0.15) is 6.92 Å². The summed E-state index contributed by atoms with van der Waals surface area (Å²) in [7, 11) is 0. The number of carbonyl (C=O) groups is 2. The molecule has 0 aromatic carbocycles. The predicted molar refractivity (Wildman–Crippen MR) is 53.2 cm³/mol. The maximum Gasteiger partial charge on any atom is 0.490 e. The molecule has 0 aromatic heterocycles. The number of morpholine rings is 1. The van der Waals surface area contributed by atoms with Crippen molar-refractivity contribution >= 4 is 11.9 Å². The standard InChI is InChI=1S/C7H13NO3.C2HF3O2/c1-6-4-8(2-3-11-6)5-7(9)10;3-2(4,5)1(6)7/h6H,2-5H2,1H3,(H,9,10);(H,6,7)/t6-;/m1./s1. The van der Waals surface area contributed by atoms with Crippen LogP contribution in [0.15, 0.2) is 0 Å². The molecule has 1 aliphatic heterocycles. The third-order valence-corrected chi connectivity index (χ3v) is 1.93. The van der Waals surface area contributed by atoms with Crippen LogP contribution in [0.2, 0.25) is 0 Å². The normalized spacial score (nSPS) is 20.8. The van der Waals surface area contributed by atoms with Crippen LogP contribution >= 0.6 is 0 Å². The molecule has 0 aliphatic carbocycles. The summed E-state index contributed by atoms with van der Waals surface area (Å²) in [6, 6.07) is 0. The molecule has 2 N–H and O–H groups in total. The van der Waals surface area contributed by atoms with E-state index in [9.17, 15) is 18.0 Å². The van der Waals surface area contributed by atoms with Gasteiger partial charge in [0, 0.05) is 13.1 Å². The highest BCUT2D eigenvalue weighted by Crippen LogP contribution is 2.13. The maximum atomic E-state index is 10.6. The zero-order chi connectivity index (χ0) is 14.3. The number of alkyl halides is 3. The third-order valence-electron chi connectivity index (χ3n) is 1.93. The van der Waals surface area contributed by atoms with Gasteiger partial charge in [-0.1, -0.05) is 0 Å². The van der Waals surface area contributed by atoms with E-state index in [2.05, 4.69) is 0 Å². The summed E-state index contributed by atoms with van der Waals surface area (Å²) in [6.07, 6.45) is -4.91. The van der Waals surface area contributed by atoms with Crippen molar-refractivity contribution in [3.8, 4) is 0 Å². The van der Waals surface area contributed by atoms with Crippen molar-refractivity contribution in [3.63, 3.8) is 0 Å². The molecule has 1 rings (SSSR count).